The van der Waals surface area contributed by atoms with Gasteiger partial charge in [0.25, 0.3) is 5.69 Å². The fraction of sp³-hybridized carbons (Fsp3) is 0.200. The molecule has 0 radical (unpaired) electrons. The van der Waals surface area contributed by atoms with Crippen molar-refractivity contribution < 1.29 is 18.8 Å². The quantitative estimate of drug-likeness (QED) is 0.345. The van der Waals surface area contributed by atoms with Gasteiger partial charge in [-0.15, -0.1) is 5.10 Å². The number of benzene rings is 2. The fourth-order valence-corrected chi connectivity index (χ4v) is 3.43. The van der Waals surface area contributed by atoms with Crippen LogP contribution in [0.4, 0.5) is 14.5 Å². The van der Waals surface area contributed by atoms with Gasteiger partial charge in [0.15, 0.2) is 0 Å². The van der Waals surface area contributed by atoms with Gasteiger partial charge < -0.3 is 5.11 Å². The van der Waals surface area contributed by atoms with Crippen molar-refractivity contribution >= 4 is 5.69 Å². The fourth-order valence-electron chi connectivity index (χ4n) is 3.43. The molecule has 4 rings (SSSR count). The second-order valence-electron chi connectivity index (χ2n) is 7.22. The Morgan fingerprint density at radius 1 is 1.22 bits per heavy atom. The molecular formula is C20H17F2N7O3. The van der Waals surface area contributed by atoms with E-state index in [0.717, 1.165) is 6.07 Å². The Morgan fingerprint density at radius 2 is 1.97 bits per heavy atom. The number of nitrogens with zero attached hydrogens (tertiary/aromatic N) is 7. The van der Waals surface area contributed by atoms with Gasteiger partial charge in [-0.3, -0.25) is 10.1 Å². The largest absolute Gasteiger partial charge is 0.382 e. The monoisotopic (exact) mass is 441 g/mol. The number of nitro benzene ring substituents is 1. The predicted octanol–water partition coefficient (Wildman–Crippen LogP) is 2.74. The van der Waals surface area contributed by atoms with E-state index in [0.29, 0.717) is 17.4 Å². The second kappa shape index (κ2) is 8.23. The van der Waals surface area contributed by atoms with E-state index in [1.54, 1.807) is 6.92 Å². The highest BCUT2D eigenvalue weighted by molar-refractivity contribution is 5.40. The highest BCUT2D eigenvalue weighted by Gasteiger charge is 2.41. The zero-order valence-electron chi connectivity index (χ0n) is 16.7. The van der Waals surface area contributed by atoms with Gasteiger partial charge in [0.1, 0.15) is 29.9 Å². The van der Waals surface area contributed by atoms with Crippen LogP contribution in [-0.4, -0.2) is 39.8 Å². The summed E-state index contributed by atoms with van der Waals surface area (Å²) in [5.41, 5.74) is -1.26. The SMILES string of the molecule is C[C@@H](c1cn(-c2ccc([N+](=O)[O-])cc2)nn1)[C@](O)(Cn1cncn1)c1ccc(F)cc1F. The molecule has 0 bridgehead atoms. The minimum absolute atomic E-state index is 0.0727. The molecule has 2 heterocycles. The molecule has 0 unspecified atom stereocenters. The zero-order chi connectivity index (χ0) is 22.9. The van der Waals surface area contributed by atoms with E-state index >= 15 is 0 Å². The lowest BCUT2D eigenvalue weighted by Gasteiger charge is -2.33. The van der Waals surface area contributed by atoms with Crippen LogP contribution in [0.5, 0.6) is 0 Å². The van der Waals surface area contributed by atoms with Crippen molar-refractivity contribution in [2.45, 2.75) is 25.0 Å². The Kier molecular flexibility index (Phi) is 5.45. The van der Waals surface area contributed by atoms with Gasteiger partial charge in [-0.25, -0.2) is 23.1 Å². The third kappa shape index (κ3) is 3.95. The molecule has 0 amide bonds. The molecule has 2 aromatic carbocycles. The number of halogens is 2. The zero-order valence-corrected chi connectivity index (χ0v) is 16.7. The van der Waals surface area contributed by atoms with E-state index in [-0.39, 0.29) is 17.8 Å². The van der Waals surface area contributed by atoms with Gasteiger partial charge in [-0.05, 0) is 18.2 Å². The maximum atomic E-state index is 14.7. The molecule has 164 valence electrons. The van der Waals surface area contributed by atoms with Crippen LogP contribution in [0.15, 0.2) is 61.3 Å². The topological polar surface area (TPSA) is 125 Å². The summed E-state index contributed by atoms with van der Waals surface area (Å²) < 4.78 is 30.9. The van der Waals surface area contributed by atoms with Gasteiger partial charge >= 0.3 is 0 Å². The van der Waals surface area contributed by atoms with E-state index in [1.165, 1.54) is 58.5 Å². The summed E-state index contributed by atoms with van der Waals surface area (Å²) >= 11 is 0. The summed E-state index contributed by atoms with van der Waals surface area (Å²) in [6.07, 6.45) is 4.17. The normalized spacial score (nSPS) is 14.1. The molecule has 12 heteroatoms. The maximum absolute atomic E-state index is 14.7. The Morgan fingerprint density at radius 3 is 2.59 bits per heavy atom. The van der Waals surface area contributed by atoms with Gasteiger partial charge in [0.2, 0.25) is 0 Å². The minimum Gasteiger partial charge on any atom is -0.382 e. The first-order valence-corrected chi connectivity index (χ1v) is 9.45. The summed E-state index contributed by atoms with van der Waals surface area (Å²) in [6, 6.07) is 8.60. The van der Waals surface area contributed by atoms with E-state index in [1.807, 2.05) is 0 Å². The lowest BCUT2D eigenvalue weighted by molar-refractivity contribution is -0.384. The van der Waals surface area contributed by atoms with E-state index in [2.05, 4.69) is 20.4 Å². The molecule has 2 atom stereocenters. The third-order valence-corrected chi connectivity index (χ3v) is 5.26. The number of rotatable bonds is 7. The molecule has 1 N–H and O–H groups in total. The van der Waals surface area contributed by atoms with Crippen LogP contribution in [0.25, 0.3) is 5.69 Å². The van der Waals surface area contributed by atoms with Crippen molar-refractivity contribution in [1.29, 1.82) is 0 Å². The van der Waals surface area contributed by atoms with Crippen LogP contribution in [0.1, 0.15) is 24.1 Å². The van der Waals surface area contributed by atoms with Crippen LogP contribution < -0.4 is 0 Å². The van der Waals surface area contributed by atoms with E-state index in [4.69, 9.17) is 0 Å². The van der Waals surface area contributed by atoms with Crippen LogP contribution in [-0.2, 0) is 12.1 Å². The Labute approximate surface area is 179 Å². The van der Waals surface area contributed by atoms with Crippen LogP contribution in [0, 0.1) is 21.7 Å². The van der Waals surface area contributed by atoms with Gasteiger partial charge in [0, 0.05) is 29.7 Å². The summed E-state index contributed by atoms with van der Waals surface area (Å²) in [4.78, 5) is 14.2. The third-order valence-electron chi connectivity index (χ3n) is 5.26. The first kappa shape index (κ1) is 21.2. The highest BCUT2D eigenvalue weighted by atomic mass is 19.1. The van der Waals surface area contributed by atoms with Crippen molar-refractivity contribution in [1.82, 2.24) is 29.8 Å². The minimum atomic E-state index is -1.87. The molecule has 0 aliphatic carbocycles. The Hall–Kier alpha value is -4.06. The number of hydrogen-bond donors (Lipinski definition) is 1. The van der Waals surface area contributed by atoms with Crippen molar-refractivity contribution in [3.05, 3.63) is 94.3 Å². The van der Waals surface area contributed by atoms with Crippen molar-refractivity contribution in [3.63, 3.8) is 0 Å². The molecule has 0 fully saturated rings. The number of aliphatic hydroxyl groups is 1. The van der Waals surface area contributed by atoms with Crippen molar-refractivity contribution in [3.8, 4) is 5.69 Å². The van der Waals surface area contributed by atoms with Crippen LogP contribution >= 0.6 is 0 Å². The first-order valence-electron chi connectivity index (χ1n) is 9.45. The standard InChI is InChI=1S/C20H17F2N7O3/c1-13(19-9-28(26-25-19)15-3-5-16(6-4-15)29(31)32)20(30,10-27-12-23-11-24-27)17-7-2-14(21)8-18(17)22/h2-9,11-13,30H,10H2,1H3/t13-,20+/m0/s1. The number of nitro groups is 1. The molecule has 0 aliphatic rings. The highest BCUT2D eigenvalue weighted by Crippen LogP contribution is 2.39. The van der Waals surface area contributed by atoms with Crippen LogP contribution in [0.2, 0.25) is 0 Å². The maximum Gasteiger partial charge on any atom is 0.269 e. The molecule has 0 saturated carbocycles. The summed E-state index contributed by atoms with van der Waals surface area (Å²) in [6.45, 7) is 1.45. The lowest BCUT2D eigenvalue weighted by atomic mass is 9.80. The smallest absolute Gasteiger partial charge is 0.269 e. The van der Waals surface area contributed by atoms with Crippen LogP contribution in [0.3, 0.4) is 0 Å². The average Bonchev–Trinajstić information content (AvgIpc) is 3.45. The van der Waals surface area contributed by atoms with E-state index < -0.39 is 28.1 Å². The first-order chi connectivity index (χ1) is 15.3. The van der Waals surface area contributed by atoms with Crippen molar-refractivity contribution in [2.24, 2.45) is 0 Å². The summed E-state index contributed by atoms with van der Waals surface area (Å²) in [5, 5.41) is 34.6. The van der Waals surface area contributed by atoms with Crippen molar-refractivity contribution in [2.75, 3.05) is 0 Å². The number of hydrogen-bond acceptors (Lipinski definition) is 7. The van der Waals surface area contributed by atoms with E-state index in [9.17, 15) is 24.0 Å². The number of non-ortho nitro benzene ring substituents is 1. The molecule has 10 nitrogen and oxygen atoms in total. The molecule has 2 aromatic heterocycles. The Balaban J connectivity index is 1.71. The Bertz CT molecular complexity index is 1240. The molecule has 0 aliphatic heterocycles. The number of aromatic nitrogens is 6. The van der Waals surface area contributed by atoms with Gasteiger partial charge in [-0.2, -0.15) is 5.10 Å². The van der Waals surface area contributed by atoms with Gasteiger partial charge in [0.05, 0.1) is 29.0 Å². The predicted molar refractivity (Wildman–Crippen MR) is 107 cm³/mol. The molecule has 4 aromatic rings. The van der Waals surface area contributed by atoms with Gasteiger partial charge in [-0.1, -0.05) is 18.2 Å². The second-order valence-corrected chi connectivity index (χ2v) is 7.22. The average molecular weight is 441 g/mol. The molecular weight excluding hydrogens is 424 g/mol. The molecule has 0 spiro atoms. The lowest BCUT2D eigenvalue weighted by Crippen LogP contribution is -2.38. The summed E-state index contributed by atoms with van der Waals surface area (Å²) in [5.74, 6) is -2.49. The molecule has 0 saturated heterocycles. The summed E-state index contributed by atoms with van der Waals surface area (Å²) in [7, 11) is 0. The molecule has 32 heavy (non-hydrogen) atoms.